The number of rotatable bonds is 7. The van der Waals surface area contributed by atoms with E-state index in [1.165, 1.54) is 7.11 Å². The van der Waals surface area contributed by atoms with Gasteiger partial charge in [-0.3, -0.25) is 9.59 Å². The minimum Gasteiger partial charge on any atom is -0.469 e. The number of allylic oxidation sites excluding steroid dienone is 1. The van der Waals surface area contributed by atoms with E-state index in [0.717, 1.165) is 0 Å². The van der Waals surface area contributed by atoms with E-state index in [-0.39, 0.29) is 11.9 Å². The van der Waals surface area contributed by atoms with Gasteiger partial charge in [0, 0.05) is 26.4 Å². The Labute approximate surface area is 90.9 Å². The maximum atomic E-state index is 11.4. The lowest BCUT2D eigenvalue weighted by atomic mass is 10.2. The Bertz CT molecular complexity index is 226. The van der Waals surface area contributed by atoms with Crippen molar-refractivity contribution in [2.24, 2.45) is 0 Å². The number of carbonyl (C=O) groups excluding carboxylic acids is 2. The monoisotopic (exact) mass is 213 g/mol. The second-order valence-corrected chi connectivity index (χ2v) is 3.32. The largest absolute Gasteiger partial charge is 0.469 e. The van der Waals surface area contributed by atoms with Gasteiger partial charge in [0.05, 0.1) is 7.11 Å². The first-order chi connectivity index (χ1) is 7.11. The van der Waals surface area contributed by atoms with Gasteiger partial charge in [-0.05, 0) is 12.8 Å². The van der Waals surface area contributed by atoms with E-state index in [2.05, 4.69) is 11.3 Å². The van der Waals surface area contributed by atoms with Crippen molar-refractivity contribution in [2.45, 2.75) is 25.7 Å². The second kappa shape index (κ2) is 8.03. The topological polar surface area (TPSA) is 46.6 Å². The number of amides is 1. The zero-order chi connectivity index (χ0) is 11.7. The van der Waals surface area contributed by atoms with Crippen LogP contribution in [0.1, 0.15) is 25.7 Å². The summed E-state index contributed by atoms with van der Waals surface area (Å²) in [5.74, 6) is -0.151. The summed E-state index contributed by atoms with van der Waals surface area (Å²) in [5, 5.41) is 0. The van der Waals surface area contributed by atoms with Crippen LogP contribution in [0.15, 0.2) is 12.7 Å². The van der Waals surface area contributed by atoms with Gasteiger partial charge in [0.1, 0.15) is 0 Å². The predicted molar refractivity (Wildman–Crippen MR) is 58.3 cm³/mol. The molecule has 0 aromatic rings. The number of hydrogen-bond acceptors (Lipinski definition) is 3. The molecule has 0 bridgehead atoms. The standard InChI is InChI=1S/C11H19NO3/c1-4-5-7-10(13)12(2)9-6-8-11(14)15-3/h4H,1,5-9H2,2-3H3. The molecule has 0 spiro atoms. The van der Waals surface area contributed by atoms with Crippen molar-refractivity contribution in [1.82, 2.24) is 4.90 Å². The summed E-state index contributed by atoms with van der Waals surface area (Å²) >= 11 is 0. The van der Waals surface area contributed by atoms with Crippen molar-refractivity contribution in [3.63, 3.8) is 0 Å². The van der Waals surface area contributed by atoms with E-state index in [0.29, 0.717) is 32.2 Å². The van der Waals surface area contributed by atoms with Gasteiger partial charge in [0.2, 0.25) is 5.91 Å². The average Bonchev–Trinajstić information content (AvgIpc) is 2.25. The average molecular weight is 213 g/mol. The van der Waals surface area contributed by atoms with Gasteiger partial charge in [0.15, 0.2) is 0 Å². The number of methoxy groups -OCH3 is 1. The lowest BCUT2D eigenvalue weighted by molar-refractivity contribution is -0.141. The van der Waals surface area contributed by atoms with Crippen molar-refractivity contribution in [3.05, 3.63) is 12.7 Å². The molecule has 0 atom stereocenters. The van der Waals surface area contributed by atoms with Crippen molar-refractivity contribution in [3.8, 4) is 0 Å². The van der Waals surface area contributed by atoms with Crippen LogP contribution in [0, 0.1) is 0 Å². The van der Waals surface area contributed by atoms with Crippen LogP contribution in [-0.2, 0) is 14.3 Å². The Balaban J connectivity index is 3.63. The summed E-state index contributed by atoms with van der Waals surface area (Å²) in [5.41, 5.74) is 0. The highest BCUT2D eigenvalue weighted by atomic mass is 16.5. The molecule has 0 saturated carbocycles. The van der Waals surface area contributed by atoms with Crippen LogP contribution in [0.2, 0.25) is 0 Å². The molecule has 0 heterocycles. The molecule has 4 heteroatoms. The maximum absolute atomic E-state index is 11.4. The molecule has 0 N–H and O–H groups in total. The van der Waals surface area contributed by atoms with Gasteiger partial charge in [-0.2, -0.15) is 0 Å². The third kappa shape index (κ3) is 6.71. The molecule has 0 aliphatic rings. The Morgan fingerprint density at radius 2 is 2.07 bits per heavy atom. The van der Waals surface area contributed by atoms with Crippen LogP contribution in [0.4, 0.5) is 0 Å². The summed E-state index contributed by atoms with van der Waals surface area (Å²) in [7, 11) is 3.10. The van der Waals surface area contributed by atoms with Crippen LogP contribution >= 0.6 is 0 Å². The summed E-state index contributed by atoms with van der Waals surface area (Å²) < 4.78 is 4.50. The van der Waals surface area contributed by atoms with Crippen molar-refractivity contribution in [1.29, 1.82) is 0 Å². The molecule has 0 unspecified atom stereocenters. The van der Waals surface area contributed by atoms with Crippen LogP contribution in [0.3, 0.4) is 0 Å². The molecule has 0 rings (SSSR count). The summed E-state index contributed by atoms with van der Waals surface area (Å²) in [4.78, 5) is 23.8. The Morgan fingerprint density at radius 1 is 1.40 bits per heavy atom. The third-order valence-corrected chi connectivity index (χ3v) is 2.09. The summed E-state index contributed by atoms with van der Waals surface area (Å²) in [6.45, 7) is 4.14. The van der Waals surface area contributed by atoms with Crippen molar-refractivity contribution < 1.29 is 14.3 Å². The van der Waals surface area contributed by atoms with Gasteiger partial charge in [-0.1, -0.05) is 6.08 Å². The van der Waals surface area contributed by atoms with Crippen molar-refractivity contribution >= 4 is 11.9 Å². The van der Waals surface area contributed by atoms with E-state index in [9.17, 15) is 9.59 Å². The lowest BCUT2D eigenvalue weighted by Crippen LogP contribution is -2.27. The van der Waals surface area contributed by atoms with Gasteiger partial charge in [-0.25, -0.2) is 0 Å². The highest BCUT2D eigenvalue weighted by molar-refractivity contribution is 5.76. The highest BCUT2D eigenvalue weighted by Gasteiger charge is 2.08. The number of ether oxygens (including phenoxy) is 1. The van der Waals surface area contributed by atoms with Gasteiger partial charge >= 0.3 is 5.97 Å². The molecular weight excluding hydrogens is 194 g/mol. The Kier molecular flexibility index (Phi) is 7.32. The van der Waals surface area contributed by atoms with E-state index < -0.39 is 0 Å². The van der Waals surface area contributed by atoms with Gasteiger partial charge in [-0.15, -0.1) is 6.58 Å². The molecule has 15 heavy (non-hydrogen) atoms. The first-order valence-electron chi connectivity index (χ1n) is 5.03. The lowest BCUT2D eigenvalue weighted by Gasteiger charge is -2.16. The molecule has 4 nitrogen and oxygen atoms in total. The molecule has 86 valence electrons. The zero-order valence-electron chi connectivity index (χ0n) is 9.49. The molecule has 0 aromatic carbocycles. The van der Waals surface area contributed by atoms with E-state index in [1.54, 1.807) is 18.0 Å². The highest BCUT2D eigenvalue weighted by Crippen LogP contribution is 1.99. The van der Waals surface area contributed by atoms with Crippen molar-refractivity contribution in [2.75, 3.05) is 20.7 Å². The zero-order valence-corrected chi connectivity index (χ0v) is 9.49. The van der Waals surface area contributed by atoms with Crippen LogP contribution in [0.25, 0.3) is 0 Å². The Hall–Kier alpha value is -1.32. The quantitative estimate of drug-likeness (QED) is 0.474. The molecule has 0 radical (unpaired) electrons. The SMILES string of the molecule is C=CCCC(=O)N(C)CCCC(=O)OC. The summed E-state index contributed by atoms with van der Waals surface area (Å²) in [6.07, 6.45) is 3.90. The molecule has 0 aliphatic carbocycles. The molecule has 0 aliphatic heterocycles. The fourth-order valence-electron chi connectivity index (χ4n) is 1.10. The minimum atomic E-state index is -0.234. The van der Waals surface area contributed by atoms with Crippen LogP contribution in [0.5, 0.6) is 0 Å². The van der Waals surface area contributed by atoms with Gasteiger partial charge < -0.3 is 9.64 Å². The second-order valence-electron chi connectivity index (χ2n) is 3.32. The predicted octanol–water partition coefficient (Wildman–Crippen LogP) is 1.36. The molecule has 0 aromatic heterocycles. The molecule has 0 saturated heterocycles. The van der Waals surface area contributed by atoms with Crippen LogP contribution < -0.4 is 0 Å². The molecule has 1 amide bonds. The first-order valence-corrected chi connectivity index (χ1v) is 5.03. The third-order valence-electron chi connectivity index (χ3n) is 2.09. The van der Waals surface area contributed by atoms with E-state index >= 15 is 0 Å². The first kappa shape index (κ1) is 13.7. The van der Waals surface area contributed by atoms with Crippen LogP contribution in [-0.4, -0.2) is 37.5 Å². The molecule has 0 fully saturated rings. The maximum Gasteiger partial charge on any atom is 0.305 e. The minimum absolute atomic E-state index is 0.0831. The molecular formula is C11H19NO3. The fourth-order valence-corrected chi connectivity index (χ4v) is 1.10. The van der Waals surface area contributed by atoms with Gasteiger partial charge in [0.25, 0.3) is 0 Å². The number of esters is 1. The Morgan fingerprint density at radius 3 is 2.60 bits per heavy atom. The van der Waals surface area contributed by atoms with E-state index in [4.69, 9.17) is 0 Å². The summed E-state index contributed by atoms with van der Waals surface area (Å²) in [6, 6.07) is 0. The number of nitrogens with zero attached hydrogens (tertiary/aromatic N) is 1. The normalized spacial score (nSPS) is 9.47. The number of carbonyl (C=O) groups is 2. The smallest absolute Gasteiger partial charge is 0.305 e. The fraction of sp³-hybridized carbons (Fsp3) is 0.636. The van der Waals surface area contributed by atoms with E-state index in [1.807, 2.05) is 0 Å². The number of hydrogen-bond donors (Lipinski definition) is 0.